The molecule has 0 radical (unpaired) electrons. The first-order valence-corrected chi connectivity index (χ1v) is 8.37. The fourth-order valence-corrected chi connectivity index (χ4v) is 2.97. The normalized spacial score (nSPS) is 18.4. The third-order valence-corrected chi connectivity index (χ3v) is 4.70. The van der Waals surface area contributed by atoms with E-state index in [0.29, 0.717) is 28.6 Å². The zero-order chi connectivity index (χ0) is 16.3. The summed E-state index contributed by atoms with van der Waals surface area (Å²) in [5, 5.41) is 4.43. The van der Waals surface area contributed by atoms with Gasteiger partial charge in [-0.3, -0.25) is 9.89 Å². The second-order valence-corrected chi connectivity index (χ2v) is 6.85. The number of hydrogen-bond donors (Lipinski definition) is 2. The van der Waals surface area contributed by atoms with Crippen molar-refractivity contribution >= 4 is 29.2 Å². The minimum Gasteiger partial charge on any atom is -0.370 e. The number of halogens is 2. The molecule has 6 heteroatoms. The van der Waals surface area contributed by atoms with Crippen LogP contribution in [0, 0.1) is 0 Å². The largest absolute Gasteiger partial charge is 0.370 e. The fraction of sp³-hybridized carbons (Fsp3) is 0.562. The highest BCUT2D eigenvalue weighted by molar-refractivity contribution is 6.35. The molecule has 1 aliphatic carbocycles. The summed E-state index contributed by atoms with van der Waals surface area (Å²) in [6.07, 6.45) is 2.59. The molecule has 0 spiro atoms. The van der Waals surface area contributed by atoms with Crippen molar-refractivity contribution in [1.82, 2.24) is 10.2 Å². The van der Waals surface area contributed by atoms with Crippen molar-refractivity contribution in [3.63, 3.8) is 0 Å². The first-order valence-electron chi connectivity index (χ1n) is 7.61. The van der Waals surface area contributed by atoms with Gasteiger partial charge in [0.25, 0.3) is 0 Å². The van der Waals surface area contributed by atoms with Crippen LogP contribution in [-0.2, 0) is 0 Å². The summed E-state index contributed by atoms with van der Waals surface area (Å²) in [4.78, 5) is 6.81. The van der Waals surface area contributed by atoms with Crippen LogP contribution >= 0.6 is 23.2 Å². The summed E-state index contributed by atoms with van der Waals surface area (Å²) in [5.74, 6) is 0.439. The molecule has 1 aromatic rings. The molecule has 0 bridgehead atoms. The number of rotatable bonds is 6. The molecule has 1 fully saturated rings. The third kappa shape index (κ3) is 4.77. The lowest BCUT2D eigenvalue weighted by atomic mass is 10.1. The van der Waals surface area contributed by atoms with Crippen molar-refractivity contribution in [2.45, 2.75) is 44.8 Å². The molecule has 2 unspecified atom stereocenters. The van der Waals surface area contributed by atoms with Crippen LogP contribution in [0.4, 0.5) is 0 Å². The number of nitrogens with one attached hydrogen (secondary N) is 1. The maximum atomic E-state index is 6.21. The predicted molar refractivity (Wildman–Crippen MR) is 94.7 cm³/mol. The highest BCUT2D eigenvalue weighted by atomic mass is 35.5. The molecule has 0 heterocycles. The van der Waals surface area contributed by atoms with Crippen LogP contribution in [0.5, 0.6) is 0 Å². The number of benzene rings is 1. The first-order chi connectivity index (χ1) is 10.4. The molecule has 2 atom stereocenters. The first kappa shape index (κ1) is 17.4. The van der Waals surface area contributed by atoms with E-state index in [1.807, 2.05) is 19.1 Å². The SMILES string of the molecule is CC(NC(N)=NCC(C)N(C)C1CC1)c1ccc(Cl)cc1Cl. The summed E-state index contributed by atoms with van der Waals surface area (Å²) < 4.78 is 0. The molecule has 2 rings (SSSR count). The average Bonchev–Trinajstić information content (AvgIpc) is 3.28. The van der Waals surface area contributed by atoms with E-state index in [0.717, 1.165) is 11.6 Å². The zero-order valence-corrected chi connectivity index (χ0v) is 14.8. The van der Waals surface area contributed by atoms with Gasteiger partial charge in [0.15, 0.2) is 5.96 Å². The zero-order valence-electron chi connectivity index (χ0n) is 13.3. The maximum absolute atomic E-state index is 6.21. The van der Waals surface area contributed by atoms with E-state index in [1.54, 1.807) is 6.07 Å². The molecule has 1 saturated carbocycles. The van der Waals surface area contributed by atoms with Crippen molar-refractivity contribution in [1.29, 1.82) is 0 Å². The second-order valence-electron chi connectivity index (χ2n) is 6.00. The Labute approximate surface area is 142 Å². The van der Waals surface area contributed by atoms with E-state index < -0.39 is 0 Å². The third-order valence-electron chi connectivity index (χ3n) is 4.14. The van der Waals surface area contributed by atoms with E-state index in [9.17, 15) is 0 Å². The standard InChI is InChI=1S/C16H24Cl2N4/c1-10(22(3)13-5-6-13)9-20-16(19)21-11(2)14-7-4-12(17)8-15(14)18/h4,7-8,10-11,13H,5-6,9H2,1-3H3,(H3,19,20,21). The molecular formula is C16H24Cl2N4. The van der Waals surface area contributed by atoms with Gasteiger partial charge in [0, 0.05) is 22.1 Å². The summed E-state index contributed by atoms with van der Waals surface area (Å²) in [5.41, 5.74) is 6.93. The molecule has 0 aromatic heterocycles. The summed E-state index contributed by atoms with van der Waals surface area (Å²) >= 11 is 12.1. The van der Waals surface area contributed by atoms with Crippen LogP contribution in [0.2, 0.25) is 10.0 Å². The minimum atomic E-state index is -0.0232. The molecule has 1 aliphatic rings. The predicted octanol–water partition coefficient (Wildman–Crippen LogP) is 3.44. The van der Waals surface area contributed by atoms with Crippen LogP contribution in [-0.4, -0.2) is 36.5 Å². The molecule has 0 aliphatic heterocycles. The van der Waals surface area contributed by atoms with Crippen LogP contribution in [0.1, 0.15) is 38.3 Å². The number of nitrogens with zero attached hydrogens (tertiary/aromatic N) is 2. The molecule has 1 aromatic carbocycles. The summed E-state index contributed by atoms with van der Waals surface area (Å²) in [6, 6.07) is 6.55. The molecule has 22 heavy (non-hydrogen) atoms. The summed E-state index contributed by atoms with van der Waals surface area (Å²) in [7, 11) is 2.15. The number of guanidine groups is 1. The molecule has 3 N–H and O–H groups in total. The van der Waals surface area contributed by atoms with Gasteiger partial charge in [-0.1, -0.05) is 29.3 Å². The van der Waals surface area contributed by atoms with Crippen LogP contribution < -0.4 is 11.1 Å². The number of likely N-dealkylation sites (N-methyl/N-ethyl adjacent to an activating group) is 1. The van der Waals surface area contributed by atoms with Crippen molar-refractivity contribution in [3.8, 4) is 0 Å². The van der Waals surface area contributed by atoms with E-state index in [1.165, 1.54) is 12.8 Å². The van der Waals surface area contributed by atoms with Gasteiger partial charge >= 0.3 is 0 Å². The van der Waals surface area contributed by atoms with Gasteiger partial charge < -0.3 is 11.1 Å². The lowest BCUT2D eigenvalue weighted by molar-refractivity contribution is 0.253. The number of hydrogen-bond acceptors (Lipinski definition) is 2. The van der Waals surface area contributed by atoms with Crippen molar-refractivity contribution in [3.05, 3.63) is 33.8 Å². The maximum Gasteiger partial charge on any atom is 0.189 e. The van der Waals surface area contributed by atoms with Crippen molar-refractivity contribution < 1.29 is 0 Å². The Hall–Kier alpha value is -0.970. The quantitative estimate of drug-likeness (QED) is 0.615. The van der Waals surface area contributed by atoms with Gasteiger partial charge in [-0.05, 0) is 51.4 Å². The summed E-state index contributed by atoms with van der Waals surface area (Å²) in [6.45, 7) is 4.86. The molecular weight excluding hydrogens is 319 g/mol. The van der Waals surface area contributed by atoms with Gasteiger partial charge in [-0.15, -0.1) is 0 Å². The van der Waals surface area contributed by atoms with Crippen molar-refractivity contribution in [2.24, 2.45) is 10.7 Å². The molecule has 0 amide bonds. The average molecular weight is 343 g/mol. The lowest BCUT2D eigenvalue weighted by Crippen LogP contribution is -2.37. The van der Waals surface area contributed by atoms with Crippen LogP contribution in [0.3, 0.4) is 0 Å². The molecule has 122 valence electrons. The Bertz CT molecular complexity index is 543. The van der Waals surface area contributed by atoms with Gasteiger partial charge in [0.05, 0.1) is 12.6 Å². The highest BCUT2D eigenvalue weighted by Gasteiger charge is 2.28. The lowest BCUT2D eigenvalue weighted by Gasteiger charge is -2.23. The van der Waals surface area contributed by atoms with Gasteiger partial charge in [-0.25, -0.2) is 0 Å². The number of aliphatic imine (C=N–C) groups is 1. The Morgan fingerprint density at radius 2 is 2.09 bits per heavy atom. The fourth-order valence-electron chi connectivity index (χ4n) is 2.40. The topological polar surface area (TPSA) is 53.6 Å². The van der Waals surface area contributed by atoms with Crippen LogP contribution in [0.25, 0.3) is 0 Å². The smallest absolute Gasteiger partial charge is 0.189 e. The monoisotopic (exact) mass is 342 g/mol. The van der Waals surface area contributed by atoms with Crippen molar-refractivity contribution in [2.75, 3.05) is 13.6 Å². The Morgan fingerprint density at radius 3 is 2.68 bits per heavy atom. The van der Waals surface area contributed by atoms with E-state index in [2.05, 4.69) is 29.2 Å². The van der Waals surface area contributed by atoms with E-state index in [4.69, 9.17) is 28.9 Å². The molecule has 4 nitrogen and oxygen atoms in total. The van der Waals surface area contributed by atoms with Gasteiger partial charge in [0.1, 0.15) is 0 Å². The van der Waals surface area contributed by atoms with E-state index in [-0.39, 0.29) is 6.04 Å². The minimum absolute atomic E-state index is 0.0232. The Kier molecular flexibility index (Phi) is 5.95. The van der Waals surface area contributed by atoms with Gasteiger partial charge in [-0.2, -0.15) is 0 Å². The Balaban J connectivity index is 1.89. The molecule has 0 saturated heterocycles. The highest BCUT2D eigenvalue weighted by Crippen LogP contribution is 2.27. The Morgan fingerprint density at radius 1 is 1.41 bits per heavy atom. The van der Waals surface area contributed by atoms with E-state index >= 15 is 0 Å². The van der Waals surface area contributed by atoms with Gasteiger partial charge in [0.2, 0.25) is 0 Å². The van der Waals surface area contributed by atoms with Crippen LogP contribution in [0.15, 0.2) is 23.2 Å². The second kappa shape index (κ2) is 7.53. The number of nitrogens with two attached hydrogens (primary N) is 1.